The molecule has 31 heavy (non-hydrogen) atoms. The second-order valence-electron chi connectivity index (χ2n) is 7.55. The van der Waals surface area contributed by atoms with Crippen LogP contribution < -0.4 is 0 Å². The molecule has 0 aliphatic carbocycles. The first-order valence-electron chi connectivity index (χ1n) is 11.8. The van der Waals surface area contributed by atoms with Crippen LogP contribution in [0.5, 0.6) is 0 Å². The van der Waals surface area contributed by atoms with Crippen molar-refractivity contribution in [2.45, 2.75) is 104 Å². The molecule has 0 aliphatic heterocycles. The minimum absolute atomic E-state index is 0.0788. The minimum atomic E-state index is 0.0788. The van der Waals surface area contributed by atoms with Gasteiger partial charge in [-0.15, -0.1) is 0 Å². The molecule has 0 radical (unpaired) electrons. The van der Waals surface area contributed by atoms with Gasteiger partial charge in [0.25, 0.3) is 0 Å². The molecule has 9 heteroatoms. The van der Waals surface area contributed by atoms with E-state index in [1.54, 1.807) is 43.2 Å². The normalized spacial score (nSPS) is 13.1. The Hall–Kier alpha value is 1.14. The molecular weight excluding hydrogens is 501 g/mol. The Bertz CT molecular complexity index is 413. The fourth-order valence-electron chi connectivity index (χ4n) is 2.62. The summed E-state index contributed by atoms with van der Waals surface area (Å²) in [6.07, 6.45) is 9.57. The van der Waals surface area contributed by atoms with Gasteiger partial charge >= 0.3 is 0 Å². The second-order valence-corrected chi connectivity index (χ2v) is 13.8. The van der Waals surface area contributed by atoms with Gasteiger partial charge in [-0.1, -0.05) is 99.4 Å². The summed E-state index contributed by atoms with van der Waals surface area (Å²) < 4.78 is 8.14. The molecule has 0 aromatic heterocycles. The largest absolute Gasteiger partial charge is 0.357 e. The summed E-state index contributed by atoms with van der Waals surface area (Å²) in [6, 6.07) is 0. The molecule has 0 rings (SSSR count). The molecule has 0 saturated heterocycles. The fourth-order valence-corrected chi connectivity index (χ4v) is 7.41. The lowest BCUT2D eigenvalue weighted by atomic mass is 10.3. The molecule has 2 unspecified atom stereocenters. The van der Waals surface area contributed by atoms with Crippen molar-refractivity contribution < 1.29 is 4.74 Å². The minimum Gasteiger partial charge on any atom is -0.357 e. The molecule has 0 aliphatic rings. The van der Waals surface area contributed by atoms with Gasteiger partial charge in [-0.3, -0.25) is 0 Å². The highest BCUT2D eigenvalue weighted by atomic mass is 33.1. The standard InChI is InChI=1S/C22H44N2OS6/c1-7-11-15-23(16-12-8-2)21(26)30-28-19(5)25-20(6)29-31-22(27)24(17-13-9-3)18-14-10-4/h19-20H,7-18H2,1-6H3. The molecule has 2 atom stereocenters. The van der Waals surface area contributed by atoms with Crippen LogP contribution in [0.1, 0.15) is 92.9 Å². The number of thiocarbonyl (C=S) groups is 2. The SMILES string of the molecule is CCCCN(CCCC)C(=S)SSC(C)OC(C)SSC(=S)N(CCCC)CCCC. The summed E-state index contributed by atoms with van der Waals surface area (Å²) in [5.41, 5.74) is 0.158. The van der Waals surface area contributed by atoms with Crippen molar-refractivity contribution in [3.8, 4) is 0 Å². The topological polar surface area (TPSA) is 15.7 Å². The Kier molecular flexibility index (Phi) is 22.5. The molecule has 0 bridgehead atoms. The van der Waals surface area contributed by atoms with E-state index in [2.05, 4.69) is 51.3 Å². The van der Waals surface area contributed by atoms with Crippen molar-refractivity contribution in [1.29, 1.82) is 0 Å². The average molecular weight is 545 g/mol. The maximum absolute atomic E-state index is 6.16. The van der Waals surface area contributed by atoms with Gasteiger partial charge in [-0.2, -0.15) is 0 Å². The lowest BCUT2D eigenvalue weighted by molar-refractivity contribution is 0.115. The van der Waals surface area contributed by atoms with Crippen molar-refractivity contribution in [1.82, 2.24) is 9.80 Å². The summed E-state index contributed by atoms with van der Waals surface area (Å²) in [7, 11) is 6.80. The molecule has 0 aromatic carbocycles. The van der Waals surface area contributed by atoms with E-state index >= 15 is 0 Å². The maximum Gasteiger partial charge on any atom is 0.147 e. The lowest BCUT2D eigenvalue weighted by Crippen LogP contribution is -2.29. The Labute approximate surface area is 219 Å². The molecule has 0 spiro atoms. The highest BCUT2D eigenvalue weighted by Gasteiger charge is 2.17. The van der Waals surface area contributed by atoms with E-state index in [0.29, 0.717) is 0 Å². The van der Waals surface area contributed by atoms with Crippen LogP contribution in [0.4, 0.5) is 0 Å². The molecule has 0 heterocycles. The molecule has 0 aromatic rings. The zero-order valence-corrected chi connectivity index (χ0v) is 25.3. The van der Waals surface area contributed by atoms with Gasteiger partial charge in [0.1, 0.15) is 19.5 Å². The highest BCUT2D eigenvalue weighted by Crippen LogP contribution is 2.36. The van der Waals surface area contributed by atoms with Gasteiger partial charge in [-0.25, -0.2) is 0 Å². The molecule has 0 N–H and O–H groups in total. The third-order valence-corrected chi connectivity index (χ3v) is 11.1. The first-order valence-corrected chi connectivity index (χ1v) is 17.0. The highest BCUT2D eigenvalue weighted by molar-refractivity contribution is 8.84. The van der Waals surface area contributed by atoms with Crippen molar-refractivity contribution in [2.24, 2.45) is 0 Å². The first-order chi connectivity index (χ1) is 14.9. The van der Waals surface area contributed by atoms with Crippen LogP contribution in [0, 0.1) is 0 Å². The van der Waals surface area contributed by atoms with Crippen molar-refractivity contribution in [3.05, 3.63) is 0 Å². The van der Waals surface area contributed by atoms with Crippen LogP contribution in [0.25, 0.3) is 0 Å². The van der Waals surface area contributed by atoms with Gasteiger partial charge < -0.3 is 14.5 Å². The zero-order valence-electron chi connectivity index (χ0n) is 20.4. The van der Waals surface area contributed by atoms with Crippen LogP contribution in [0.2, 0.25) is 0 Å². The summed E-state index contributed by atoms with van der Waals surface area (Å²) >= 11 is 11.4. The van der Waals surface area contributed by atoms with Gasteiger partial charge in [0.2, 0.25) is 0 Å². The quantitative estimate of drug-likeness (QED) is 0.0946. The number of nitrogens with zero attached hydrogens (tertiary/aromatic N) is 2. The number of rotatable bonds is 18. The molecule has 0 saturated carbocycles. The molecule has 0 fully saturated rings. The summed E-state index contributed by atoms with van der Waals surface area (Å²) in [5, 5.41) is 0. The van der Waals surface area contributed by atoms with E-state index in [1.807, 2.05) is 0 Å². The Morgan fingerprint density at radius 2 is 0.935 bits per heavy atom. The van der Waals surface area contributed by atoms with Crippen LogP contribution in [-0.2, 0) is 4.74 Å². The number of unbranched alkanes of at least 4 members (excludes halogenated alkanes) is 4. The predicted molar refractivity (Wildman–Crippen MR) is 158 cm³/mol. The van der Waals surface area contributed by atoms with E-state index in [9.17, 15) is 0 Å². The van der Waals surface area contributed by atoms with Crippen LogP contribution in [-0.4, -0.2) is 55.5 Å². The average Bonchev–Trinajstić information content (AvgIpc) is 2.76. The number of hydrogen-bond acceptors (Lipinski definition) is 7. The molecule has 3 nitrogen and oxygen atoms in total. The third kappa shape index (κ3) is 17.3. The van der Waals surface area contributed by atoms with Crippen molar-refractivity contribution in [2.75, 3.05) is 26.2 Å². The Balaban J connectivity index is 4.34. The summed E-state index contributed by atoms with van der Waals surface area (Å²) in [4.78, 5) is 4.72. The summed E-state index contributed by atoms with van der Waals surface area (Å²) in [5.74, 6) is 0. The van der Waals surface area contributed by atoms with Crippen molar-refractivity contribution in [3.63, 3.8) is 0 Å². The predicted octanol–water partition coefficient (Wildman–Crippen LogP) is 8.83. The van der Waals surface area contributed by atoms with Crippen molar-refractivity contribution >= 4 is 76.3 Å². The lowest BCUT2D eigenvalue weighted by Gasteiger charge is -2.26. The monoisotopic (exact) mass is 544 g/mol. The van der Waals surface area contributed by atoms with Gasteiger partial charge in [0, 0.05) is 26.2 Å². The maximum atomic E-state index is 6.16. The van der Waals surface area contributed by atoms with E-state index in [1.165, 1.54) is 51.4 Å². The fraction of sp³-hybridized carbons (Fsp3) is 0.909. The second kappa shape index (κ2) is 21.7. The van der Waals surface area contributed by atoms with Crippen LogP contribution in [0.3, 0.4) is 0 Å². The third-order valence-electron chi connectivity index (χ3n) is 4.54. The van der Waals surface area contributed by atoms with E-state index in [0.717, 1.165) is 34.8 Å². The van der Waals surface area contributed by atoms with Gasteiger partial charge in [0.15, 0.2) is 0 Å². The van der Waals surface area contributed by atoms with Crippen LogP contribution in [0.15, 0.2) is 0 Å². The smallest absolute Gasteiger partial charge is 0.147 e. The Morgan fingerprint density at radius 3 is 1.19 bits per heavy atom. The number of ether oxygens (including phenoxy) is 1. The molecule has 0 amide bonds. The van der Waals surface area contributed by atoms with Gasteiger partial charge in [-0.05, 0) is 61.1 Å². The zero-order chi connectivity index (χ0) is 23.5. The van der Waals surface area contributed by atoms with E-state index in [4.69, 9.17) is 29.2 Å². The number of hydrogen-bond donors (Lipinski definition) is 0. The van der Waals surface area contributed by atoms with Crippen LogP contribution >= 0.6 is 67.6 Å². The first kappa shape index (κ1) is 32.1. The molecule has 184 valence electrons. The van der Waals surface area contributed by atoms with E-state index in [-0.39, 0.29) is 10.9 Å². The van der Waals surface area contributed by atoms with E-state index < -0.39 is 0 Å². The Morgan fingerprint density at radius 1 is 0.645 bits per heavy atom. The molecular formula is C22H44N2OS6. The van der Waals surface area contributed by atoms with Gasteiger partial charge in [0.05, 0.1) is 0 Å². The summed E-state index contributed by atoms with van der Waals surface area (Å²) in [6.45, 7) is 17.4.